The zero-order valence-corrected chi connectivity index (χ0v) is 19.1. The number of ether oxygens (including phenoxy) is 2. The molecule has 156 valence electrons. The van der Waals surface area contributed by atoms with Gasteiger partial charge >= 0.3 is 0 Å². The van der Waals surface area contributed by atoms with E-state index in [4.69, 9.17) is 15.2 Å². The van der Waals surface area contributed by atoms with Crippen LogP contribution < -0.4 is 15.2 Å². The van der Waals surface area contributed by atoms with Crippen LogP contribution in [-0.4, -0.2) is 35.1 Å². The van der Waals surface area contributed by atoms with E-state index in [1.807, 2.05) is 43.3 Å². The summed E-state index contributed by atoms with van der Waals surface area (Å²) in [5.41, 5.74) is 6.82. The van der Waals surface area contributed by atoms with Gasteiger partial charge in [0.1, 0.15) is 13.2 Å². The average molecular weight is 538 g/mol. The minimum Gasteiger partial charge on any atom is -0.490 e. The van der Waals surface area contributed by atoms with Crippen molar-refractivity contribution in [1.29, 1.82) is 0 Å². The lowest BCUT2D eigenvalue weighted by atomic mass is 10.1. The Kier molecular flexibility index (Phi) is 7.38. The molecular weight excluding hydrogens is 519 g/mol. The quantitative estimate of drug-likeness (QED) is 0.406. The molecule has 9 heteroatoms. The maximum absolute atomic E-state index is 12.4. The lowest BCUT2D eigenvalue weighted by Gasteiger charge is -2.15. The molecule has 0 unspecified atom stereocenters. The Labute approximate surface area is 191 Å². The summed E-state index contributed by atoms with van der Waals surface area (Å²) < 4.78 is 12.5. The molecule has 3 rings (SSSR count). The average Bonchev–Trinajstić information content (AvgIpc) is 2.95. The van der Waals surface area contributed by atoms with Crippen LogP contribution in [-0.2, 0) is 16.2 Å². The van der Waals surface area contributed by atoms with Crippen molar-refractivity contribution in [2.75, 3.05) is 13.2 Å². The Hall–Kier alpha value is -2.53. The van der Waals surface area contributed by atoms with Crippen molar-refractivity contribution in [2.45, 2.75) is 13.5 Å². The van der Waals surface area contributed by atoms with Crippen LogP contribution in [0.1, 0.15) is 18.1 Å². The van der Waals surface area contributed by atoms with Gasteiger partial charge in [-0.05, 0) is 70.6 Å². The number of nitrogens with two attached hydrogens (primary N) is 1. The Morgan fingerprint density at radius 1 is 1.20 bits per heavy atom. The van der Waals surface area contributed by atoms with Crippen molar-refractivity contribution in [3.63, 3.8) is 0 Å². The number of hydrogen-bond donors (Lipinski definition) is 1. The molecule has 1 heterocycles. The van der Waals surface area contributed by atoms with Crippen LogP contribution in [0.25, 0.3) is 6.08 Å². The van der Waals surface area contributed by atoms with Gasteiger partial charge in [0.25, 0.3) is 11.1 Å². The predicted octanol–water partition coefficient (Wildman–Crippen LogP) is 3.79. The summed E-state index contributed by atoms with van der Waals surface area (Å²) in [6, 6.07) is 13.4. The summed E-state index contributed by atoms with van der Waals surface area (Å²) in [5.74, 6) is -0.129. The first-order chi connectivity index (χ1) is 14.4. The number of imide groups is 1. The largest absolute Gasteiger partial charge is 0.490 e. The van der Waals surface area contributed by atoms with Gasteiger partial charge in [-0.15, -0.1) is 0 Å². The summed E-state index contributed by atoms with van der Waals surface area (Å²) >= 11 is 2.92. The molecule has 1 aliphatic heterocycles. The van der Waals surface area contributed by atoms with E-state index in [9.17, 15) is 14.4 Å². The van der Waals surface area contributed by atoms with Crippen molar-refractivity contribution in [3.05, 3.63) is 62.1 Å². The third-order valence-corrected chi connectivity index (χ3v) is 5.75. The SMILES string of the molecule is CCOc1cc(/C=C2\SC(=O)N(CC(N)=O)C2=O)cc(I)c1OCc1ccccc1. The van der Waals surface area contributed by atoms with Gasteiger partial charge in [0.05, 0.1) is 15.1 Å². The summed E-state index contributed by atoms with van der Waals surface area (Å²) in [4.78, 5) is 36.6. The molecule has 2 aromatic rings. The molecule has 2 aromatic carbocycles. The second-order valence-corrected chi connectivity index (χ2v) is 8.43. The van der Waals surface area contributed by atoms with Gasteiger partial charge in [0.2, 0.25) is 5.91 Å². The number of carbonyl (C=O) groups is 3. The topological polar surface area (TPSA) is 98.9 Å². The fourth-order valence-electron chi connectivity index (χ4n) is 2.75. The van der Waals surface area contributed by atoms with Gasteiger partial charge in [-0.2, -0.15) is 0 Å². The Bertz CT molecular complexity index is 1010. The van der Waals surface area contributed by atoms with Crippen LogP contribution >= 0.6 is 34.4 Å². The first kappa shape index (κ1) is 22.2. The fraction of sp³-hybridized carbons (Fsp3) is 0.190. The van der Waals surface area contributed by atoms with Gasteiger partial charge in [-0.25, -0.2) is 0 Å². The Morgan fingerprint density at radius 3 is 2.60 bits per heavy atom. The van der Waals surface area contributed by atoms with Crippen LogP contribution in [0.15, 0.2) is 47.4 Å². The maximum atomic E-state index is 12.4. The van der Waals surface area contributed by atoms with Gasteiger partial charge in [-0.1, -0.05) is 30.3 Å². The van der Waals surface area contributed by atoms with Crippen molar-refractivity contribution in [3.8, 4) is 11.5 Å². The minimum absolute atomic E-state index is 0.220. The lowest BCUT2D eigenvalue weighted by Crippen LogP contribution is -2.36. The number of rotatable bonds is 8. The summed E-state index contributed by atoms with van der Waals surface area (Å²) in [6.45, 7) is 2.27. The smallest absolute Gasteiger partial charge is 0.294 e. The highest BCUT2D eigenvalue weighted by atomic mass is 127. The molecule has 0 atom stereocenters. The number of benzene rings is 2. The summed E-state index contributed by atoms with van der Waals surface area (Å²) in [6.07, 6.45) is 1.59. The van der Waals surface area contributed by atoms with Gasteiger partial charge in [0.15, 0.2) is 11.5 Å². The van der Waals surface area contributed by atoms with Crippen molar-refractivity contribution < 1.29 is 23.9 Å². The lowest BCUT2D eigenvalue weighted by molar-refractivity contribution is -0.127. The van der Waals surface area contributed by atoms with E-state index >= 15 is 0 Å². The molecule has 0 radical (unpaired) electrons. The zero-order valence-electron chi connectivity index (χ0n) is 16.1. The van der Waals surface area contributed by atoms with Crippen LogP contribution in [0, 0.1) is 3.57 Å². The Morgan fingerprint density at radius 2 is 1.93 bits per heavy atom. The molecule has 1 aliphatic rings. The molecule has 1 saturated heterocycles. The summed E-state index contributed by atoms with van der Waals surface area (Å²) in [5, 5.41) is -0.521. The number of carbonyl (C=O) groups excluding carboxylic acids is 3. The van der Waals surface area contributed by atoms with Crippen molar-refractivity contribution in [1.82, 2.24) is 4.90 Å². The third kappa shape index (κ3) is 5.33. The number of amides is 3. The number of nitrogens with zero attached hydrogens (tertiary/aromatic N) is 1. The second kappa shape index (κ2) is 9.98. The number of hydrogen-bond acceptors (Lipinski definition) is 6. The molecule has 7 nitrogen and oxygen atoms in total. The molecule has 0 aromatic heterocycles. The fourth-order valence-corrected chi connectivity index (χ4v) is 4.37. The van der Waals surface area contributed by atoms with E-state index < -0.39 is 23.6 Å². The molecule has 3 amide bonds. The number of primary amides is 1. The standard InChI is InChI=1S/C21H19IN2O5S/c1-2-28-16-9-14(10-17-20(26)24(11-18(23)25)21(27)30-17)8-15(22)19(16)29-12-13-6-4-3-5-7-13/h3-10H,2,11-12H2,1H3,(H2,23,25)/b17-10-. The van der Waals surface area contributed by atoms with E-state index in [1.54, 1.807) is 12.1 Å². The van der Waals surface area contributed by atoms with E-state index in [1.165, 1.54) is 0 Å². The highest BCUT2D eigenvalue weighted by Gasteiger charge is 2.35. The molecule has 30 heavy (non-hydrogen) atoms. The highest BCUT2D eigenvalue weighted by Crippen LogP contribution is 2.37. The van der Waals surface area contributed by atoms with E-state index in [-0.39, 0.29) is 4.91 Å². The molecule has 0 bridgehead atoms. The molecular formula is C21H19IN2O5S. The monoisotopic (exact) mass is 538 g/mol. The number of thioether (sulfide) groups is 1. The zero-order chi connectivity index (χ0) is 21.7. The third-order valence-electron chi connectivity index (χ3n) is 4.04. The van der Waals surface area contributed by atoms with E-state index in [0.717, 1.165) is 25.8 Å². The normalized spacial score (nSPS) is 15.0. The first-order valence-electron chi connectivity index (χ1n) is 9.05. The van der Waals surface area contributed by atoms with Crippen molar-refractivity contribution in [2.24, 2.45) is 5.73 Å². The van der Waals surface area contributed by atoms with Gasteiger partial charge in [0, 0.05) is 0 Å². The van der Waals surface area contributed by atoms with Gasteiger partial charge < -0.3 is 15.2 Å². The molecule has 1 fully saturated rings. The van der Waals surface area contributed by atoms with Crippen LogP contribution in [0.2, 0.25) is 0 Å². The van der Waals surface area contributed by atoms with Crippen LogP contribution in [0.4, 0.5) is 4.79 Å². The van der Waals surface area contributed by atoms with Crippen molar-refractivity contribution >= 4 is 57.5 Å². The molecule has 0 saturated carbocycles. The number of halogens is 1. The highest BCUT2D eigenvalue weighted by molar-refractivity contribution is 14.1. The maximum Gasteiger partial charge on any atom is 0.294 e. The van der Waals surface area contributed by atoms with Crippen LogP contribution in [0.3, 0.4) is 0 Å². The van der Waals surface area contributed by atoms with E-state index in [2.05, 4.69) is 22.6 Å². The van der Waals surface area contributed by atoms with E-state index in [0.29, 0.717) is 30.3 Å². The first-order valence-corrected chi connectivity index (χ1v) is 10.9. The Balaban J connectivity index is 1.86. The predicted molar refractivity (Wildman–Crippen MR) is 123 cm³/mol. The molecule has 0 aliphatic carbocycles. The minimum atomic E-state index is -0.744. The van der Waals surface area contributed by atoms with Gasteiger partial charge in [-0.3, -0.25) is 19.3 Å². The van der Waals surface area contributed by atoms with Crippen LogP contribution in [0.5, 0.6) is 11.5 Å². The molecule has 0 spiro atoms. The second-order valence-electron chi connectivity index (χ2n) is 6.27. The molecule has 2 N–H and O–H groups in total. The summed E-state index contributed by atoms with van der Waals surface area (Å²) in [7, 11) is 0.